The predicted molar refractivity (Wildman–Crippen MR) is 69.1 cm³/mol. The number of hydrogen-bond donors (Lipinski definition) is 2. The molecule has 90 valence electrons. The topological polar surface area (TPSA) is 55.5 Å². The second-order valence-electron chi connectivity index (χ2n) is 4.70. The molecule has 0 saturated heterocycles. The van der Waals surface area contributed by atoms with Gasteiger partial charge in [-0.25, -0.2) is 0 Å². The lowest BCUT2D eigenvalue weighted by molar-refractivity contribution is 0.369. The van der Waals surface area contributed by atoms with E-state index >= 15 is 0 Å². The van der Waals surface area contributed by atoms with Crippen molar-refractivity contribution in [2.75, 3.05) is 7.11 Å². The van der Waals surface area contributed by atoms with Crippen molar-refractivity contribution in [3.8, 4) is 11.5 Å². The minimum Gasteiger partial charge on any atom is -0.504 e. The molecule has 0 amide bonds. The van der Waals surface area contributed by atoms with Gasteiger partial charge in [0.2, 0.25) is 0 Å². The predicted octanol–water partition coefficient (Wildman–Crippen LogP) is 2.75. The molecule has 3 N–H and O–H groups in total. The molecule has 0 radical (unpaired) electrons. The van der Waals surface area contributed by atoms with E-state index in [1.165, 1.54) is 7.11 Å². The average molecular weight is 288 g/mol. The first kappa shape index (κ1) is 13.3. The lowest BCUT2D eigenvalue weighted by Crippen LogP contribution is -2.34. The highest BCUT2D eigenvalue weighted by Crippen LogP contribution is 2.39. The molecule has 0 heterocycles. The van der Waals surface area contributed by atoms with E-state index in [-0.39, 0.29) is 11.3 Å². The smallest absolute Gasteiger partial charge is 0.174 e. The van der Waals surface area contributed by atoms with E-state index in [2.05, 4.69) is 15.9 Å². The highest BCUT2D eigenvalue weighted by Gasteiger charge is 2.20. The maximum Gasteiger partial charge on any atom is 0.174 e. The van der Waals surface area contributed by atoms with E-state index in [0.29, 0.717) is 5.75 Å². The summed E-state index contributed by atoms with van der Waals surface area (Å²) in [6.07, 6.45) is 0.718. The number of rotatable bonds is 3. The van der Waals surface area contributed by atoms with Crippen LogP contribution in [0.4, 0.5) is 0 Å². The SMILES string of the molecule is COc1c(O)cc(C)c(CC(C)(C)N)c1Br. The molecule has 0 aliphatic carbocycles. The molecule has 16 heavy (non-hydrogen) atoms. The van der Waals surface area contributed by atoms with Crippen molar-refractivity contribution in [3.63, 3.8) is 0 Å². The number of halogens is 1. The molecule has 0 saturated carbocycles. The molecule has 1 rings (SSSR count). The number of hydrogen-bond acceptors (Lipinski definition) is 3. The third kappa shape index (κ3) is 2.89. The molecule has 0 spiro atoms. The summed E-state index contributed by atoms with van der Waals surface area (Å²) in [6.45, 7) is 5.89. The van der Waals surface area contributed by atoms with Crippen LogP contribution in [0.2, 0.25) is 0 Å². The summed E-state index contributed by atoms with van der Waals surface area (Å²) in [5, 5.41) is 9.71. The normalized spacial score (nSPS) is 11.6. The molecular weight excluding hydrogens is 270 g/mol. The summed E-state index contributed by atoms with van der Waals surface area (Å²) in [5.41, 5.74) is 7.79. The van der Waals surface area contributed by atoms with Crippen molar-refractivity contribution in [2.45, 2.75) is 32.7 Å². The van der Waals surface area contributed by atoms with E-state index in [4.69, 9.17) is 10.5 Å². The Hall–Kier alpha value is -0.740. The van der Waals surface area contributed by atoms with E-state index < -0.39 is 0 Å². The molecule has 3 nitrogen and oxygen atoms in total. The molecular formula is C12H18BrNO2. The first-order valence-corrected chi connectivity index (χ1v) is 5.89. The third-order valence-corrected chi connectivity index (χ3v) is 3.20. The second-order valence-corrected chi connectivity index (χ2v) is 5.50. The van der Waals surface area contributed by atoms with E-state index in [1.807, 2.05) is 20.8 Å². The molecule has 0 unspecified atom stereocenters. The van der Waals surface area contributed by atoms with Crippen LogP contribution in [0.3, 0.4) is 0 Å². The molecule has 1 aromatic rings. The number of nitrogens with two attached hydrogens (primary N) is 1. The third-order valence-electron chi connectivity index (χ3n) is 2.36. The summed E-state index contributed by atoms with van der Waals surface area (Å²) in [4.78, 5) is 0. The van der Waals surface area contributed by atoms with Gasteiger partial charge in [-0.3, -0.25) is 0 Å². The summed E-state index contributed by atoms with van der Waals surface area (Å²) in [5.74, 6) is 0.607. The Bertz CT molecular complexity index is 397. The highest BCUT2D eigenvalue weighted by atomic mass is 79.9. The van der Waals surface area contributed by atoms with Crippen molar-refractivity contribution in [3.05, 3.63) is 21.7 Å². The fourth-order valence-electron chi connectivity index (χ4n) is 1.65. The molecule has 0 aliphatic heterocycles. The number of aryl methyl sites for hydroxylation is 1. The summed E-state index contributed by atoms with van der Waals surface area (Å²) < 4.78 is 5.93. The number of aromatic hydroxyl groups is 1. The van der Waals surface area contributed by atoms with Gasteiger partial charge in [-0.05, 0) is 60.3 Å². The van der Waals surface area contributed by atoms with Gasteiger partial charge in [0, 0.05) is 5.54 Å². The van der Waals surface area contributed by atoms with Crippen molar-refractivity contribution in [2.24, 2.45) is 5.73 Å². The molecule has 1 aromatic carbocycles. The minimum absolute atomic E-state index is 0.144. The summed E-state index contributed by atoms with van der Waals surface area (Å²) in [6, 6.07) is 1.70. The lowest BCUT2D eigenvalue weighted by atomic mass is 9.93. The second kappa shape index (κ2) is 4.63. The summed E-state index contributed by atoms with van der Waals surface area (Å²) >= 11 is 3.46. The van der Waals surface area contributed by atoms with Crippen LogP contribution in [-0.4, -0.2) is 17.8 Å². The largest absolute Gasteiger partial charge is 0.504 e. The van der Waals surface area contributed by atoms with Crippen LogP contribution in [0.25, 0.3) is 0 Å². The molecule has 0 aromatic heterocycles. The first-order valence-electron chi connectivity index (χ1n) is 5.10. The van der Waals surface area contributed by atoms with Crippen LogP contribution >= 0.6 is 15.9 Å². The minimum atomic E-state index is -0.296. The first-order chi connectivity index (χ1) is 7.26. The molecule has 0 aliphatic rings. The average Bonchev–Trinajstić information content (AvgIpc) is 2.11. The molecule has 4 heteroatoms. The quantitative estimate of drug-likeness (QED) is 0.899. The fraction of sp³-hybridized carbons (Fsp3) is 0.500. The summed E-state index contributed by atoms with van der Waals surface area (Å²) in [7, 11) is 1.53. The highest BCUT2D eigenvalue weighted by molar-refractivity contribution is 9.10. The number of phenols is 1. The molecule has 0 bridgehead atoms. The van der Waals surface area contributed by atoms with Crippen molar-refractivity contribution >= 4 is 15.9 Å². The van der Waals surface area contributed by atoms with Crippen molar-refractivity contribution in [1.82, 2.24) is 0 Å². The van der Waals surface area contributed by atoms with E-state index in [0.717, 1.165) is 22.0 Å². The van der Waals surface area contributed by atoms with Crippen LogP contribution in [0.15, 0.2) is 10.5 Å². The Morgan fingerprint density at radius 1 is 1.50 bits per heavy atom. The zero-order valence-electron chi connectivity index (χ0n) is 10.1. The standard InChI is InChI=1S/C12H18BrNO2/c1-7-5-9(15)11(16-4)10(13)8(7)6-12(2,3)14/h5,15H,6,14H2,1-4H3. The zero-order chi connectivity index (χ0) is 12.5. The van der Waals surface area contributed by atoms with Gasteiger partial charge >= 0.3 is 0 Å². The van der Waals surface area contributed by atoms with Gasteiger partial charge in [-0.2, -0.15) is 0 Å². The Kier molecular flexibility index (Phi) is 3.86. The van der Waals surface area contributed by atoms with Gasteiger partial charge in [0.05, 0.1) is 11.6 Å². The van der Waals surface area contributed by atoms with Gasteiger partial charge in [0.25, 0.3) is 0 Å². The van der Waals surface area contributed by atoms with Crippen LogP contribution in [-0.2, 0) is 6.42 Å². The van der Waals surface area contributed by atoms with Crippen molar-refractivity contribution < 1.29 is 9.84 Å². The maximum atomic E-state index is 9.71. The van der Waals surface area contributed by atoms with Crippen LogP contribution in [0, 0.1) is 6.92 Å². The van der Waals surface area contributed by atoms with Gasteiger partial charge in [0.1, 0.15) is 0 Å². The maximum absolute atomic E-state index is 9.71. The molecule has 0 atom stereocenters. The van der Waals surface area contributed by atoms with Crippen LogP contribution in [0.5, 0.6) is 11.5 Å². The van der Waals surface area contributed by atoms with E-state index in [1.54, 1.807) is 6.07 Å². The Morgan fingerprint density at radius 2 is 2.06 bits per heavy atom. The number of benzene rings is 1. The van der Waals surface area contributed by atoms with Gasteiger partial charge < -0.3 is 15.6 Å². The van der Waals surface area contributed by atoms with Crippen LogP contribution < -0.4 is 10.5 Å². The number of ether oxygens (including phenoxy) is 1. The van der Waals surface area contributed by atoms with Gasteiger partial charge in [-0.1, -0.05) is 0 Å². The van der Waals surface area contributed by atoms with Gasteiger partial charge in [0.15, 0.2) is 11.5 Å². The van der Waals surface area contributed by atoms with Crippen molar-refractivity contribution in [1.29, 1.82) is 0 Å². The Balaban J connectivity index is 3.28. The van der Waals surface area contributed by atoms with Crippen LogP contribution in [0.1, 0.15) is 25.0 Å². The Morgan fingerprint density at radius 3 is 2.50 bits per heavy atom. The lowest BCUT2D eigenvalue weighted by Gasteiger charge is -2.22. The fourth-order valence-corrected chi connectivity index (χ4v) is 2.47. The van der Waals surface area contributed by atoms with E-state index in [9.17, 15) is 5.11 Å². The monoisotopic (exact) mass is 287 g/mol. The number of methoxy groups -OCH3 is 1. The Labute approximate surface area is 105 Å². The number of phenolic OH excluding ortho intramolecular Hbond substituents is 1. The molecule has 0 fully saturated rings. The van der Waals surface area contributed by atoms with Gasteiger partial charge in [-0.15, -0.1) is 0 Å². The zero-order valence-corrected chi connectivity index (χ0v) is 11.7.